The van der Waals surface area contributed by atoms with Crippen LogP contribution in [0.3, 0.4) is 0 Å². The van der Waals surface area contributed by atoms with E-state index >= 15 is 0 Å². The zero-order valence-corrected chi connectivity index (χ0v) is 14.5. The Kier molecular flexibility index (Phi) is 5.43. The quantitative estimate of drug-likeness (QED) is 0.630. The number of hydrogen-bond donors (Lipinski definition) is 0. The molecule has 0 bridgehead atoms. The van der Waals surface area contributed by atoms with Gasteiger partial charge < -0.3 is 14.2 Å². The molecule has 0 fully saturated rings. The molecule has 0 saturated carbocycles. The number of methoxy groups -OCH3 is 1. The lowest BCUT2D eigenvalue weighted by molar-refractivity contribution is 0.0726. The van der Waals surface area contributed by atoms with Crippen LogP contribution >= 0.6 is 0 Å². The van der Waals surface area contributed by atoms with Gasteiger partial charge in [0.15, 0.2) is 0 Å². The van der Waals surface area contributed by atoms with E-state index in [0.29, 0.717) is 23.6 Å². The van der Waals surface area contributed by atoms with Crippen molar-refractivity contribution in [1.29, 1.82) is 0 Å². The summed E-state index contributed by atoms with van der Waals surface area (Å²) in [6.45, 7) is 2.55. The van der Waals surface area contributed by atoms with Crippen molar-refractivity contribution in [3.05, 3.63) is 66.2 Å². The largest absolute Gasteiger partial charge is 0.497 e. The molecule has 0 N–H and O–H groups in total. The standard InChI is InChI=1S/C20H18N2O4/c1-3-25-17-10-4-14(5-11-17)18-12-13-19(22-21-18)26-20(23)15-6-8-16(24-2)9-7-15/h4-13H,3H2,1-2H3. The van der Waals surface area contributed by atoms with Crippen LogP contribution in [0, 0.1) is 0 Å². The molecule has 3 rings (SSSR count). The Hall–Kier alpha value is -3.41. The van der Waals surface area contributed by atoms with E-state index in [0.717, 1.165) is 11.3 Å². The molecule has 0 aliphatic carbocycles. The first-order valence-electron chi connectivity index (χ1n) is 8.13. The van der Waals surface area contributed by atoms with E-state index in [1.807, 2.05) is 31.2 Å². The molecule has 0 unspecified atom stereocenters. The Morgan fingerprint density at radius 3 is 2.15 bits per heavy atom. The first-order valence-corrected chi connectivity index (χ1v) is 8.13. The molecule has 0 radical (unpaired) electrons. The lowest BCUT2D eigenvalue weighted by atomic mass is 10.1. The zero-order valence-electron chi connectivity index (χ0n) is 14.5. The molecule has 0 amide bonds. The van der Waals surface area contributed by atoms with Crippen LogP contribution in [-0.4, -0.2) is 29.9 Å². The first kappa shape index (κ1) is 17.4. The summed E-state index contributed by atoms with van der Waals surface area (Å²) >= 11 is 0. The van der Waals surface area contributed by atoms with Crippen LogP contribution < -0.4 is 14.2 Å². The Balaban J connectivity index is 1.67. The second-order valence-electron chi connectivity index (χ2n) is 5.33. The van der Waals surface area contributed by atoms with Crippen molar-refractivity contribution in [3.63, 3.8) is 0 Å². The molecule has 1 heterocycles. The second-order valence-corrected chi connectivity index (χ2v) is 5.33. The molecule has 0 spiro atoms. The maximum atomic E-state index is 12.1. The minimum atomic E-state index is -0.504. The summed E-state index contributed by atoms with van der Waals surface area (Å²) in [6.07, 6.45) is 0. The van der Waals surface area contributed by atoms with E-state index in [1.54, 1.807) is 43.5 Å². The molecule has 2 aromatic carbocycles. The molecular formula is C20H18N2O4. The van der Waals surface area contributed by atoms with Crippen molar-refractivity contribution >= 4 is 5.97 Å². The molecule has 26 heavy (non-hydrogen) atoms. The Labute approximate surface area is 151 Å². The number of carbonyl (C=O) groups excluding carboxylic acids is 1. The van der Waals surface area contributed by atoms with Gasteiger partial charge in [0, 0.05) is 11.6 Å². The van der Waals surface area contributed by atoms with Crippen LogP contribution in [0.1, 0.15) is 17.3 Å². The predicted molar refractivity (Wildman–Crippen MR) is 96.6 cm³/mol. The SMILES string of the molecule is CCOc1ccc(-c2ccc(OC(=O)c3ccc(OC)cc3)nn2)cc1. The van der Waals surface area contributed by atoms with E-state index in [1.165, 1.54) is 0 Å². The molecule has 0 aliphatic heterocycles. The fraction of sp³-hybridized carbons (Fsp3) is 0.150. The number of esters is 1. The molecule has 132 valence electrons. The molecule has 1 aromatic heterocycles. The first-order chi connectivity index (χ1) is 12.7. The molecule has 6 heteroatoms. The predicted octanol–water partition coefficient (Wildman–Crippen LogP) is 3.77. The van der Waals surface area contributed by atoms with E-state index < -0.39 is 5.97 Å². The summed E-state index contributed by atoms with van der Waals surface area (Å²) in [7, 11) is 1.56. The van der Waals surface area contributed by atoms with Crippen LogP contribution in [0.25, 0.3) is 11.3 Å². The monoisotopic (exact) mass is 350 g/mol. The average Bonchev–Trinajstić information content (AvgIpc) is 2.69. The van der Waals surface area contributed by atoms with Crippen molar-refractivity contribution in [1.82, 2.24) is 10.2 Å². The fourth-order valence-electron chi connectivity index (χ4n) is 2.30. The number of hydrogen-bond acceptors (Lipinski definition) is 6. The van der Waals surface area contributed by atoms with Crippen molar-refractivity contribution in [2.75, 3.05) is 13.7 Å². The van der Waals surface area contributed by atoms with Crippen LogP contribution in [0.2, 0.25) is 0 Å². The minimum absolute atomic E-state index is 0.139. The number of ether oxygens (including phenoxy) is 3. The fourth-order valence-corrected chi connectivity index (χ4v) is 2.30. The average molecular weight is 350 g/mol. The van der Waals surface area contributed by atoms with Crippen molar-refractivity contribution in [2.45, 2.75) is 6.92 Å². The van der Waals surface area contributed by atoms with Crippen LogP contribution in [0.4, 0.5) is 0 Å². The number of aromatic nitrogens is 2. The summed E-state index contributed by atoms with van der Waals surface area (Å²) in [6, 6.07) is 17.5. The molecule has 0 atom stereocenters. The highest BCUT2D eigenvalue weighted by atomic mass is 16.5. The van der Waals surface area contributed by atoms with Crippen LogP contribution in [-0.2, 0) is 0 Å². The van der Waals surface area contributed by atoms with Gasteiger partial charge in [0.05, 0.1) is 25.0 Å². The molecule has 0 saturated heterocycles. The Morgan fingerprint density at radius 2 is 1.58 bits per heavy atom. The van der Waals surface area contributed by atoms with Gasteiger partial charge in [-0.1, -0.05) is 0 Å². The molecule has 6 nitrogen and oxygen atoms in total. The smallest absolute Gasteiger partial charge is 0.344 e. The Morgan fingerprint density at radius 1 is 0.885 bits per heavy atom. The Bertz CT molecular complexity index is 860. The van der Waals surface area contributed by atoms with Crippen LogP contribution in [0.15, 0.2) is 60.7 Å². The lowest BCUT2D eigenvalue weighted by Crippen LogP contribution is -2.09. The lowest BCUT2D eigenvalue weighted by Gasteiger charge is -2.06. The third kappa shape index (κ3) is 4.16. The van der Waals surface area contributed by atoms with Gasteiger partial charge >= 0.3 is 5.97 Å². The summed E-state index contributed by atoms with van der Waals surface area (Å²) in [5.74, 6) is 1.10. The highest BCUT2D eigenvalue weighted by Crippen LogP contribution is 2.21. The molecular weight excluding hydrogens is 332 g/mol. The van der Waals surface area contributed by atoms with Crippen molar-refractivity contribution in [2.24, 2.45) is 0 Å². The van der Waals surface area contributed by atoms with Crippen LogP contribution in [0.5, 0.6) is 17.4 Å². The maximum absolute atomic E-state index is 12.1. The third-order valence-corrected chi connectivity index (χ3v) is 3.62. The van der Waals surface area contributed by atoms with E-state index in [-0.39, 0.29) is 5.88 Å². The molecule has 3 aromatic rings. The van der Waals surface area contributed by atoms with E-state index in [9.17, 15) is 4.79 Å². The number of rotatable bonds is 6. The van der Waals surface area contributed by atoms with Crippen molar-refractivity contribution in [3.8, 4) is 28.6 Å². The van der Waals surface area contributed by atoms with E-state index in [4.69, 9.17) is 14.2 Å². The van der Waals surface area contributed by atoms with Gasteiger partial charge in [-0.15, -0.1) is 10.2 Å². The highest BCUT2D eigenvalue weighted by molar-refractivity contribution is 5.91. The van der Waals surface area contributed by atoms with Crippen molar-refractivity contribution < 1.29 is 19.0 Å². The number of carbonyl (C=O) groups is 1. The number of benzene rings is 2. The summed E-state index contributed by atoms with van der Waals surface area (Å²) in [5.41, 5.74) is 1.98. The minimum Gasteiger partial charge on any atom is -0.497 e. The zero-order chi connectivity index (χ0) is 18.4. The van der Waals surface area contributed by atoms with Gasteiger partial charge in [-0.2, -0.15) is 0 Å². The van der Waals surface area contributed by atoms with Gasteiger partial charge in [0.2, 0.25) is 5.88 Å². The van der Waals surface area contributed by atoms with Gasteiger partial charge in [-0.3, -0.25) is 0 Å². The highest BCUT2D eigenvalue weighted by Gasteiger charge is 2.10. The summed E-state index contributed by atoms with van der Waals surface area (Å²) in [5, 5.41) is 8.07. The maximum Gasteiger partial charge on any atom is 0.344 e. The second kappa shape index (κ2) is 8.11. The van der Waals surface area contributed by atoms with Gasteiger partial charge in [-0.25, -0.2) is 4.79 Å². The third-order valence-electron chi connectivity index (χ3n) is 3.62. The van der Waals surface area contributed by atoms with Gasteiger partial charge in [-0.05, 0) is 61.5 Å². The van der Waals surface area contributed by atoms with Gasteiger partial charge in [0.25, 0.3) is 0 Å². The summed E-state index contributed by atoms with van der Waals surface area (Å²) in [4.78, 5) is 12.1. The topological polar surface area (TPSA) is 70.5 Å². The summed E-state index contributed by atoms with van der Waals surface area (Å²) < 4.78 is 15.7. The van der Waals surface area contributed by atoms with E-state index in [2.05, 4.69) is 10.2 Å². The van der Waals surface area contributed by atoms with Gasteiger partial charge in [0.1, 0.15) is 11.5 Å². The number of nitrogens with zero attached hydrogens (tertiary/aromatic N) is 2. The molecule has 0 aliphatic rings. The normalized spacial score (nSPS) is 10.2.